The average molecular weight is 238 g/mol. The summed E-state index contributed by atoms with van der Waals surface area (Å²) in [5, 5.41) is 5.75. The highest BCUT2D eigenvalue weighted by Gasteiger charge is 2.12. The van der Waals surface area contributed by atoms with E-state index in [4.69, 9.17) is 0 Å². The van der Waals surface area contributed by atoms with Gasteiger partial charge >= 0.3 is 0 Å². The largest absolute Gasteiger partial charge is 0.352 e. The van der Waals surface area contributed by atoms with E-state index < -0.39 is 5.82 Å². The van der Waals surface area contributed by atoms with Crippen LogP contribution in [0.1, 0.15) is 22.8 Å². The number of aryl methyl sites for hydroxylation is 1. The van der Waals surface area contributed by atoms with E-state index in [1.165, 1.54) is 12.1 Å². The van der Waals surface area contributed by atoms with Crippen LogP contribution < -0.4 is 10.6 Å². The lowest BCUT2D eigenvalue weighted by Crippen LogP contribution is -2.32. The second-order valence-corrected chi connectivity index (χ2v) is 4.36. The molecule has 1 amide bonds. The van der Waals surface area contributed by atoms with Crippen LogP contribution in [0.4, 0.5) is 4.39 Å². The number of halogens is 1. The zero-order valence-electron chi connectivity index (χ0n) is 10.5. The minimum absolute atomic E-state index is 0.104. The highest BCUT2D eigenvalue weighted by molar-refractivity contribution is 5.94. The van der Waals surface area contributed by atoms with Gasteiger partial charge in [-0.05, 0) is 44.1 Å². The molecule has 1 unspecified atom stereocenters. The van der Waals surface area contributed by atoms with Crippen molar-refractivity contribution >= 4 is 5.91 Å². The normalized spacial score (nSPS) is 12.2. The molecule has 1 atom stereocenters. The Morgan fingerprint density at radius 1 is 1.41 bits per heavy atom. The number of amides is 1. The molecule has 0 heterocycles. The highest BCUT2D eigenvalue weighted by Crippen LogP contribution is 2.09. The fraction of sp³-hybridized carbons (Fsp3) is 0.462. The van der Waals surface area contributed by atoms with Gasteiger partial charge in [-0.25, -0.2) is 4.39 Å². The van der Waals surface area contributed by atoms with Crippen LogP contribution in [0.15, 0.2) is 18.2 Å². The first kappa shape index (κ1) is 13.6. The number of hydrogen-bond acceptors (Lipinski definition) is 2. The Hall–Kier alpha value is -1.42. The SMILES string of the molecule is CNCC(C)CNC(=O)c1ccc(C)cc1F. The fourth-order valence-electron chi connectivity index (χ4n) is 1.59. The Bertz CT molecular complexity index is 393. The first-order chi connectivity index (χ1) is 8.04. The van der Waals surface area contributed by atoms with Crippen molar-refractivity contribution < 1.29 is 9.18 Å². The Kier molecular flexibility index (Phi) is 5.10. The fourth-order valence-corrected chi connectivity index (χ4v) is 1.59. The minimum atomic E-state index is -0.469. The second kappa shape index (κ2) is 6.35. The zero-order chi connectivity index (χ0) is 12.8. The van der Waals surface area contributed by atoms with Crippen molar-refractivity contribution in [2.75, 3.05) is 20.1 Å². The van der Waals surface area contributed by atoms with Gasteiger partial charge in [0.2, 0.25) is 0 Å². The van der Waals surface area contributed by atoms with E-state index in [0.29, 0.717) is 12.5 Å². The molecule has 0 aromatic heterocycles. The summed E-state index contributed by atoms with van der Waals surface area (Å²) >= 11 is 0. The van der Waals surface area contributed by atoms with Crippen molar-refractivity contribution in [2.24, 2.45) is 5.92 Å². The first-order valence-corrected chi connectivity index (χ1v) is 5.73. The summed E-state index contributed by atoms with van der Waals surface area (Å²) in [5.74, 6) is -0.508. The van der Waals surface area contributed by atoms with Gasteiger partial charge in [0.15, 0.2) is 0 Å². The van der Waals surface area contributed by atoms with Gasteiger partial charge in [-0.2, -0.15) is 0 Å². The van der Waals surface area contributed by atoms with Crippen LogP contribution >= 0.6 is 0 Å². The van der Waals surface area contributed by atoms with Gasteiger partial charge in [-0.3, -0.25) is 4.79 Å². The van der Waals surface area contributed by atoms with E-state index in [0.717, 1.165) is 12.1 Å². The molecule has 0 aliphatic heterocycles. The number of rotatable bonds is 5. The molecule has 0 fully saturated rings. The smallest absolute Gasteiger partial charge is 0.254 e. The molecule has 4 heteroatoms. The molecule has 3 nitrogen and oxygen atoms in total. The van der Waals surface area contributed by atoms with E-state index in [1.807, 2.05) is 14.0 Å². The molecule has 0 radical (unpaired) electrons. The molecule has 0 aliphatic carbocycles. The molecule has 0 bridgehead atoms. The Balaban J connectivity index is 2.58. The van der Waals surface area contributed by atoms with Crippen molar-refractivity contribution in [3.63, 3.8) is 0 Å². The molecule has 1 aromatic carbocycles. The van der Waals surface area contributed by atoms with Crippen molar-refractivity contribution in [2.45, 2.75) is 13.8 Å². The summed E-state index contributed by atoms with van der Waals surface area (Å²) in [6, 6.07) is 4.61. The van der Waals surface area contributed by atoms with Gasteiger partial charge in [0.1, 0.15) is 5.82 Å². The summed E-state index contributed by atoms with van der Waals surface area (Å²) in [7, 11) is 1.86. The third-order valence-electron chi connectivity index (χ3n) is 2.53. The van der Waals surface area contributed by atoms with Gasteiger partial charge < -0.3 is 10.6 Å². The van der Waals surface area contributed by atoms with Crippen LogP contribution in [0.5, 0.6) is 0 Å². The van der Waals surface area contributed by atoms with Crippen molar-refractivity contribution in [1.82, 2.24) is 10.6 Å². The quantitative estimate of drug-likeness (QED) is 0.820. The Morgan fingerprint density at radius 2 is 2.12 bits per heavy atom. The molecule has 0 aliphatic rings. The van der Waals surface area contributed by atoms with Gasteiger partial charge in [0.05, 0.1) is 5.56 Å². The van der Waals surface area contributed by atoms with Crippen molar-refractivity contribution in [3.05, 3.63) is 35.1 Å². The summed E-state index contributed by atoms with van der Waals surface area (Å²) in [4.78, 5) is 11.7. The van der Waals surface area contributed by atoms with E-state index in [-0.39, 0.29) is 11.5 Å². The summed E-state index contributed by atoms with van der Waals surface area (Å²) in [6.07, 6.45) is 0. The van der Waals surface area contributed by atoms with E-state index in [9.17, 15) is 9.18 Å². The molecule has 2 N–H and O–H groups in total. The predicted octanol–water partition coefficient (Wildman–Crippen LogP) is 1.72. The van der Waals surface area contributed by atoms with Crippen molar-refractivity contribution in [1.29, 1.82) is 0 Å². The van der Waals surface area contributed by atoms with E-state index in [2.05, 4.69) is 10.6 Å². The maximum atomic E-state index is 13.5. The van der Waals surface area contributed by atoms with Crippen LogP contribution in [-0.2, 0) is 0 Å². The molecule has 1 rings (SSSR count). The van der Waals surface area contributed by atoms with Gasteiger partial charge in [0.25, 0.3) is 5.91 Å². The average Bonchev–Trinajstić information content (AvgIpc) is 2.26. The molecule has 1 aromatic rings. The van der Waals surface area contributed by atoms with Gasteiger partial charge in [-0.1, -0.05) is 13.0 Å². The lowest BCUT2D eigenvalue weighted by Gasteiger charge is -2.12. The molecule has 0 saturated carbocycles. The molecule has 0 spiro atoms. The van der Waals surface area contributed by atoms with Crippen LogP contribution in [0.2, 0.25) is 0 Å². The first-order valence-electron chi connectivity index (χ1n) is 5.73. The van der Waals surface area contributed by atoms with Crippen LogP contribution in [0, 0.1) is 18.7 Å². The lowest BCUT2D eigenvalue weighted by molar-refractivity contribution is 0.0944. The van der Waals surface area contributed by atoms with Crippen LogP contribution in [-0.4, -0.2) is 26.0 Å². The van der Waals surface area contributed by atoms with Gasteiger partial charge in [0, 0.05) is 6.54 Å². The molecular weight excluding hydrogens is 219 g/mol. The summed E-state index contributed by atoms with van der Waals surface area (Å²) < 4.78 is 13.5. The number of hydrogen-bond donors (Lipinski definition) is 2. The van der Waals surface area contributed by atoms with Crippen LogP contribution in [0.25, 0.3) is 0 Å². The molecular formula is C13H19FN2O. The third kappa shape index (κ3) is 4.15. The maximum Gasteiger partial charge on any atom is 0.254 e. The molecule has 94 valence electrons. The van der Waals surface area contributed by atoms with E-state index >= 15 is 0 Å². The predicted molar refractivity (Wildman–Crippen MR) is 66.6 cm³/mol. The summed E-state index contributed by atoms with van der Waals surface area (Å²) in [5.41, 5.74) is 0.912. The number of carbonyl (C=O) groups is 1. The zero-order valence-corrected chi connectivity index (χ0v) is 10.5. The second-order valence-electron chi connectivity index (χ2n) is 4.36. The maximum absolute atomic E-state index is 13.5. The topological polar surface area (TPSA) is 41.1 Å². The number of carbonyl (C=O) groups excluding carboxylic acids is 1. The standard InChI is InChI=1S/C13H19FN2O/c1-9-4-5-11(12(14)6-9)13(17)16-8-10(2)7-15-3/h4-6,10,15H,7-8H2,1-3H3,(H,16,17). The molecule has 0 saturated heterocycles. The highest BCUT2D eigenvalue weighted by atomic mass is 19.1. The van der Waals surface area contributed by atoms with E-state index in [1.54, 1.807) is 13.0 Å². The third-order valence-corrected chi connectivity index (χ3v) is 2.53. The summed E-state index contributed by atoms with van der Waals surface area (Å²) in [6.45, 7) is 5.16. The molecule has 17 heavy (non-hydrogen) atoms. The van der Waals surface area contributed by atoms with Crippen molar-refractivity contribution in [3.8, 4) is 0 Å². The van der Waals surface area contributed by atoms with Crippen LogP contribution in [0.3, 0.4) is 0 Å². The number of benzene rings is 1. The monoisotopic (exact) mass is 238 g/mol. The lowest BCUT2D eigenvalue weighted by atomic mass is 10.1. The number of nitrogens with one attached hydrogen (secondary N) is 2. The minimum Gasteiger partial charge on any atom is -0.352 e. The van der Waals surface area contributed by atoms with Gasteiger partial charge in [-0.15, -0.1) is 0 Å². The Labute approximate surface area is 101 Å². The Morgan fingerprint density at radius 3 is 2.71 bits per heavy atom.